The summed E-state index contributed by atoms with van der Waals surface area (Å²) in [6.07, 6.45) is 0. The van der Waals surface area contributed by atoms with Gasteiger partial charge in [0, 0.05) is 25.7 Å². The van der Waals surface area contributed by atoms with Crippen molar-refractivity contribution in [1.82, 2.24) is 4.90 Å². The molecule has 0 saturated heterocycles. The molecule has 0 unspecified atom stereocenters. The number of carbonyl (C=O) groups excluding carboxylic acids is 1. The van der Waals surface area contributed by atoms with Crippen LogP contribution in [0.15, 0.2) is 17.7 Å². The number of nitrogens with two attached hydrogens (primary N) is 1. The highest BCUT2D eigenvalue weighted by Gasteiger charge is 2.20. The van der Waals surface area contributed by atoms with Crippen molar-refractivity contribution >= 4 is 17.3 Å². The molecule has 0 aromatic heterocycles. The van der Waals surface area contributed by atoms with E-state index >= 15 is 0 Å². The van der Waals surface area contributed by atoms with Crippen LogP contribution in [-0.4, -0.2) is 41.2 Å². The number of phenols is 2. The Labute approximate surface area is 129 Å². The molecule has 118 valence electrons. The minimum absolute atomic E-state index is 0.0498. The van der Waals surface area contributed by atoms with Gasteiger partial charge in [0.05, 0.1) is 11.4 Å². The molecule has 1 aromatic carbocycles. The molecule has 1 amide bonds. The molecule has 0 atom stereocenters. The summed E-state index contributed by atoms with van der Waals surface area (Å²) in [4.78, 5) is 13.8. The highest BCUT2D eigenvalue weighted by molar-refractivity contribution is 6.04. The van der Waals surface area contributed by atoms with Gasteiger partial charge in [0.25, 0.3) is 5.91 Å². The Kier molecular flexibility index (Phi) is 5.64. The molecule has 0 bridgehead atoms. The van der Waals surface area contributed by atoms with Crippen LogP contribution < -0.4 is 11.1 Å². The van der Waals surface area contributed by atoms with Gasteiger partial charge < -0.3 is 26.2 Å². The summed E-state index contributed by atoms with van der Waals surface area (Å²) in [6.45, 7) is 4.52. The molecule has 0 aliphatic rings. The molecular weight excluding hydrogens is 284 g/mol. The Morgan fingerprint density at radius 1 is 1.36 bits per heavy atom. The Bertz CT molecular complexity index is 643. The van der Waals surface area contributed by atoms with Crippen LogP contribution in [-0.2, 0) is 4.79 Å². The number of hydrogen-bond donors (Lipinski definition) is 4. The molecule has 1 rings (SSSR count). The predicted molar refractivity (Wildman–Crippen MR) is 84.0 cm³/mol. The highest BCUT2D eigenvalue weighted by Crippen LogP contribution is 2.36. The van der Waals surface area contributed by atoms with Gasteiger partial charge in [-0.2, -0.15) is 5.26 Å². The molecule has 22 heavy (non-hydrogen) atoms. The van der Waals surface area contributed by atoms with Gasteiger partial charge in [0.2, 0.25) is 0 Å². The molecular formula is C15H20N4O3. The summed E-state index contributed by atoms with van der Waals surface area (Å²) in [5, 5.41) is 31.3. The third-order valence-electron chi connectivity index (χ3n) is 3.32. The van der Waals surface area contributed by atoms with E-state index in [2.05, 4.69) is 5.32 Å². The van der Waals surface area contributed by atoms with Crippen LogP contribution >= 0.6 is 0 Å². The lowest BCUT2D eigenvalue weighted by Crippen LogP contribution is -2.32. The zero-order valence-electron chi connectivity index (χ0n) is 12.8. The second-order valence-electron chi connectivity index (χ2n) is 4.52. The quantitative estimate of drug-likeness (QED) is 0.368. The lowest BCUT2D eigenvalue weighted by Gasteiger charge is -2.19. The largest absolute Gasteiger partial charge is 0.504 e. The Morgan fingerprint density at radius 2 is 1.95 bits per heavy atom. The molecule has 0 heterocycles. The summed E-state index contributed by atoms with van der Waals surface area (Å²) < 4.78 is 0. The van der Waals surface area contributed by atoms with Gasteiger partial charge in [0.15, 0.2) is 11.5 Å². The standard InChI is InChI=1S/C15H20N4O3/c1-4-19(5-2)15(22)10(8-16)13(17)9-6-11(18-3)14(21)12(20)7-9/h6-7,18,20-21H,4-5,17H2,1-3H3/b13-10-. The molecule has 0 aliphatic heterocycles. The van der Waals surface area contributed by atoms with Crippen LogP contribution in [0.3, 0.4) is 0 Å². The van der Waals surface area contributed by atoms with E-state index in [4.69, 9.17) is 5.73 Å². The molecule has 1 aromatic rings. The van der Waals surface area contributed by atoms with E-state index in [-0.39, 0.29) is 28.3 Å². The van der Waals surface area contributed by atoms with E-state index < -0.39 is 11.7 Å². The zero-order valence-corrected chi connectivity index (χ0v) is 12.8. The summed E-state index contributed by atoms with van der Waals surface area (Å²) in [7, 11) is 1.56. The first-order valence-electron chi connectivity index (χ1n) is 6.84. The van der Waals surface area contributed by atoms with Crippen molar-refractivity contribution < 1.29 is 15.0 Å². The fourth-order valence-corrected chi connectivity index (χ4v) is 2.00. The summed E-state index contributed by atoms with van der Waals surface area (Å²) in [6, 6.07) is 4.48. The van der Waals surface area contributed by atoms with E-state index in [1.54, 1.807) is 20.9 Å². The number of nitrogens with zero attached hydrogens (tertiary/aromatic N) is 2. The maximum absolute atomic E-state index is 12.3. The Balaban J connectivity index is 3.42. The lowest BCUT2D eigenvalue weighted by molar-refractivity contribution is -0.126. The molecule has 7 heteroatoms. The first-order valence-corrected chi connectivity index (χ1v) is 6.84. The number of benzene rings is 1. The van der Waals surface area contributed by atoms with Crippen molar-refractivity contribution in [3.8, 4) is 17.6 Å². The third-order valence-corrected chi connectivity index (χ3v) is 3.32. The van der Waals surface area contributed by atoms with E-state index in [1.165, 1.54) is 17.0 Å². The van der Waals surface area contributed by atoms with Gasteiger partial charge in [-0.15, -0.1) is 0 Å². The van der Waals surface area contributed by atoms with Gasteiger partial charge in [0.1, 0.15) is 11.6 Å². The zero-order chi connectivity index (χ0) is 16.9. The topological polar surface area (TPSA) is 123 Å². The van der Waals surface area contributed by atoms with Crippen LogP contribution in [0.1, 0.15) is 19.4 Å². The van der Waals surface area contributed by atoms with Crippen molar-refractivity contribution in [2.24, 2.45) is 5.73 Å². The number of aromatic hydroxyl groups is 2. The number of carbonyl (C=O) groups is 1. The maximum atomic E-state index is 12.3. The minimum Gasteiger partial charge on any atom is -0.504 e. The minimum atomic E-state index is -0.469. The number of hydrogen-bond acceptors (Lipinski definition) is 6. The molecule has 0 aliphatic carbocycles. The average Bonchev–Trinajstić information content (AvgIpc) is 2.51. The fraction of sp³-hybridized carbons (Fsp3) is 0.333. The maximum Gasteiger partial charge on any atom is 0.266 e. The molecule has 0 radical (unpaired) electrons. The number of amides is 1. The summed E-state index contributed by atoms with van der Waals surface area (Å²) >= 11 is 0. The van der Waals surface area contributed by atoms with Gasteiger partial charge in [-0.25, -0.2) is 0 Å². The van der Waals surface area contributed by atoms with Crippen molar-refractivity contribution in [2.45, 2.75) is 13.8 Å². The van der Waals surface area contributed by atoms with E-state index in [9.17, 15) is 20.3 Å². The molecule has 0 fully saturated rings. The number of anilines is 1. The summed E-state index contributed by atoms with van der Waals surface area (Å²) in [5.41, 5.74) is 6.20. The fourth-order valence-electron chi connectivity index (χ4n) is 2.00. The van der Waals surface area contributed by atoms with Crippen LogP contribution in [0.4, 0.5) is 5.69 Å². The number of likely N-dealkylation sites (N-methyl/N-ethyl adjacent to an activating group) is 1. The third kappa shape index (κ3) is 3.23. The molecule has 0 spiro atoms. The number of rotatable bonds is 5. The van der Waals surface area contributed by atoms with E-state index in [1.807, 2.05) is 6.07 Å². The molecule has 7 nitrogen and oxygen atoms in total. The van der Waals surface area contributed by atoms with E-state index in [0.717, 1.165) is 0 Å². The Morgan fingerprint density at radius 3 is 2.41 bits per heavy atom. The van der Waals surface area contributed by atoms with Crippen molar-refractivity contribution in [2.75, 3.05) is 25.5 Å². The second-order valence-corrected chi connectivity index (χ2v) is 4.52. The number of nitriles is 1. The first kappa shape index (κ1) is 17.2. The average molecular weight is 304 g/mol. The van der Waals surface area contributed by atoms with Gasteiger partial charge >= 0.3 is 0 Å². The van der Waals surface area contributed by atoms with Crippen molar-refractivity contribution in [3.05, 3.63) is 23.3 Å². The van der Waals surface area contributed by atoms with Crippen LogP contribution in [0, 0.1) is 11.3 Å². The number of phenolic OH excluding ortho intramolecular Hbond substituents is 2. The molecule has 0 saturated carbocycles. The van der Waals surface area contributed by atoms with Crippen LogP contribution in [0.5, 0.6) is 11.5 Å². The number of nitrogens with one attached hydrogen (secondary N) is 1. The van der Waals surface area contributed by atoms with E-state index in [0.29, 0.717) is 13.1 Å². The van der Waals surface area contributed by atoms with Crippen molar-refractivity contribution in [1.29, 1.82) is 5.26 Å². The van der Waals surface area contributed by atoms with Gasteiger partial charge in [-0.3, -0.25) is 4.79 Å². The monoisotopic (exact) mass is 304 g/mol. The van der Waals surface area contributed by atoms with Gasteiger partial charge in [-0.1, -0.05) is 0 Å². The van der Waals surface area contributed by atoms with Crippen LogP contribution in [0.2, 0.25) is 0 Å². The predicted octanol–water partition coefficient (Wildman–Crippen LogP) is 1.20. The normalized spacial score (nSPS) is 11.4. The van der Waals surface area contributed by atoms with Crippen LogP contribution in [0.25, 0.3) is 5.70 Å². The molecule has 5 N–H and O–H groups in total. The second kappa shape index (κ2) is 7.22. The summed E-state index contributed by atoms with van der Waals surface area (Å²) in [5.74, 6) is -1.19. The SMILES string of the molecule is CCN(CC)C(=O)/C(C#N)=C(\N)c1cc(O)c(O)c(NC)c1. The first-order chi connectivity index (χ1) is 10.4. The smallest absolute Gasteiger partial charge is 0.266 e. The van der Waals surface area contributed by atoms with Crippen molar-refractivity contribution in [3.63, 3.8) is 0 Å². The highest BCUT2D eigenvalue weighted by atomic mass is 16.3. The van der Waals surface area contributed by atoms with Gasteiger partial charge in [-0.05, 0) is 26.0 Å². The Hall–Kier alpha value is -2.88. The lowest BCUT2D eigenvalue weighted by atomic mass is 10.0.